The minimum Gasteiger partial charge on any atom is -0.510 e. The Morgan fingerprint density at radius 2 is 1.77 bits per heavy atom. The normalized spacial score (nSPS) is 14.5. The lowest BCUT2D eigenvalue weighted by atomic mass is 10.1. The quantitative estimate of drug-likeness (QED) is 0.513. The maximum Gasteiger partial charge on any atom is 0.135 e. The van der Waals surface area contributed by atoms with Gasteiger partial charge in [-0.3, -0.25) is 5.41 Å². The van der Waals surface area contributed by atoms with Crippen LogP contribution in [-0.2, 0) is 6.54 Å². The summed E-state index contributed by atoms with van der Waals surface area (Å²) >= 11 is 1.52. The third-order valence-corrected chi connectivity index (χ3v) is 5.95. The molecule has 5 nitrogen and oxygen atoms in total. The van der Waals surface area contributed by atoms with E-state index in [9.17, 15) is 5.11 Å². The summed E-state index contributed by atoms with van der Waals surface area (Å²) in [6.07, 6.45) is 0. The number of hydrogen-bond acceptors (Lipinski definition) is 5. The van der Waals surface area contributed by atoms with Crippen LogP contribution in [0.3, 0.4) is 0 Å². The molecule has 2 aromatic carbocycles. The van der Waals surface area contributed by atoms with Crippen molar-refractivity contribution in [1.82, 2.24) is 9.88 Å². The van der Waals surface area contributed by atoms with Crippen molar-refractivity contribution < 1.29 is 9.84 Å². The number of ether oxygens (including phenoxy) is 1. The van der Waals surface area contributed by atoms with Gasteiger partial charge in [-0.15, -0.1) is 11.3 Å². The van der Waals surface area contributed by atoms with Crippen LogP contribution in [-0.4, -0.2) is 33.0 Å². The number of benzene rings is 2. The van der Waals surface area contributed by atoms with Crippen LogP contribution in [0.2, 0.25) is 0 Å². The van der Waals surface area contributed by atoms with E-state index < -0.39 is 0 Å². The molecule has 0 unspecified atom stereocenters. The molecule has 4 rings (SSSR count). The molecule has 3 aromatic rings. The number of aryl methyl sites for hydroxylation is 1. The highest BCUT2D eigenvalue weighted by Crippen LogP contribution is 2.35. The first kappa shape index (κ1) is 21.1. The molecule has 1 aliphatic heterocycles. The number of hydrogen-bond donors (Lipinski definition) is 2. The molecule has 6 heteroatoms. The number of aliphatic hydroxyl groups is 1. The molecule has 2 N–H and O–H groups in total. The van der Waals surface area contributed by atoms with Crippen LogP contribution in [0.25, 0.3) is 16.8 Å². The highest BCUT2D eigenvalue weighted by atomic mass is 32.1. The van der Waals surface area contributed by atoms with Gasteiger partial charge in [0.2, 0.25) is 0 Å². The average molecular weight is 434 g/mol. The SMILES string of the molecule is Cc1sc(C2=C(O)CN(Cc3ccc(OC(C)(C)C)cc3)C2=N)nc1-c1ccccc1. The van der Waals surface area contributed by atoms with Gasteiger partial charge in [-0.1, -0.05) is 42.5 Å². The molecule has 0 bridgehead atoms. The number of rotatable bonds is 5. The Balaban J connectivity index is 1.50. The predicted octanol–water partition coefficient (Wildman–Crippen LogP) is 6.06. The van der Waals surface area contributed by atoms with E-state index in [1.165, 1.54) is 11.3 Å². The zero-order valence-electron chi connectivity index (χ0n) is 18.3. The van der Waals surface area contributed by atoms with E-state index in [0.717, 1.165) is 27.4 Å². The molecule has 2 heterocycles. The first-order valence-corrected chi connectivity index (χ1v) is 11.1. The van der Waals surface area contributed by atoms with E-state index in [-0.39, 0.29) is 11.4 Å². The second kappa shape index (κ2) is 8.19. The van der Waals surface area contributed by atoms with Crippen molar-refractivity contribution >= 4 is 22.7 Å². The van der Waals surface area contributed by atoms with Crippen LogP contribution in [0.1, 0.15) is 36.2 Å². The molecule has 160 valence electrons. The maximum atomic E-state index is 10.6. The Labute approximate surface area is 187 Å². The molecular weight excluding hydrogens is 406 g/mol. The first-order chi connectivity index (χ1) is 14.7. The van der Waals surface area contributed by atoms with Gasteiger partial charge in [0.1, 0.15) is 28.0 Å². The zero-order chi connectivity index (χ0) is 22.2. The van der Waals surface area contributed by atoms with Crippen molar-refractivity contribution in [2.45, 2.75) is 39.8 Å². The molecule has 0 amide bonds. The summed E-state index contributed by atoms with van der Waals surface area (Å²) in [5.41, 5.74) is 3.29. The van der Waals surface area contributed by atoms with E-state index >= 15 is 0 Å². The summed E-state index contributed by atoms with van der Waals surface area (Å²) < 4.78 is 5.88. The van der Waals surface area contributed by atoms with Crippen LogP contribution in [0.4, 0.5) is 0 Å². The molecule has 0 aliphatic carbocycles. The fraction of sp³-hybridized carbons (Fsp3) is 0.280. The molecule has 0 radical (unpaired) electrons. The van der Waals surface area contributed by atoms with Crippen LogP contribution in [0.15, 0.2) is 60.4 Å². The molecule has 31 heavy (non-hydrogen) atoms. The molecule has 0 spiro atoms. The number of aromatic nitrogens is 1. The van der Waals surface area contributed by atoms with Crippen molar-refractivity contribution in [3.05, 3.63) is 75.8 Å². The number of thiazole rings is 1. The third-order valence-electron chi connectivity index (χ3n) is 4.96. The lowest BCUT2D eigenvalue weighted by molar-refractivity contribution is 0.131. The van der Waals surface area contributed by atoms with E-state index in [0.29, 0.717) is 29.5 Å². The molecule has 1 aromatic heterocycles. The van der Waals surface area contributed by atoms with Crippen molar-refractivity contribution in [1.29, 1.82) is 5.41 Å². The van der Waals surface area contributed by atoms with Gasteiger partial charge in [0.25, 0.3) is 0 Å². The highest BCUT2D eigenvalue weighted by Gasteiger charge is 2.31. The van der Waals surface area contributed by atoms with Crippen LogP contribution in [0, 0.1) is 12.3 Å². The van der Waals surface area contributed by atoms with Gasteiger partial charge in [-0.05, 0) is 45.4 Å². The second-order valence-electron chi connectivity index (χ2n) is 8.67. The Kier molecular flexibility index (Phi) is 5.58. The van der Waals surface area contributed by atoms with Crippen molar-refractivity contribution in [3.8, 4) is 17.0 Å². The lowest BCUT2D eigenvalue weighted by Crippen LogP contribution is -2.26. The Bertz CT molecular complexity index is 1130. The third kappa shape index (κ3) is 4.64. The first-order valence-electron chi connectivity index (χ1n) is 10.3. The Hall–Kier alpha value is -3.12. The van der Waals surface area contributed by atoms with Crippen LogP contribution >= 0.6 is 11.3 Å². The fourth-order valence-corrected chi connectivity index (χ4v) is 4.60. The monoisotopic (exact) mass is 433 g/mol. The largest absolute Gasteiger partial charge is 0.510 e. The van der Waals surface area contributed by atoms with Crippen molar-refractivity contribution in [3.63, 3.8) is 0 Å². The summed E-state index contributed by atoms with van der Waals surface area (Å²) in [5, 5.41) is 20.0. The summed E-state index contributed by atoms with van der Waals surface area (Å²) in [4.78, 5) is 7.70. The van der Waals surface area contributed by atoms with E-state index in [4.69, 9.17) is 15.1 Å². The van der Waals surface area contributed by atoms with Crippen LogP contribution in [0.5, 0.6) is 5.75 Å². The lowest BCUT2D eigenvalue weighted by Gasteiger charge is -2.22. The minimum absolute atomic E-state index is 0.200. The Morgan fingerprint density at radius 3 is 2.42 bits per heavy atom. The van der Waals surface area contributed by atoms with E-state index in [1.807, 2.05) is 87.2 Å². The molecule has 1 aliphatic rings. The van der Waals surface area contributed by atoms with Gasteiger partial charge >= 0.3 is 0 Å². The molecule has 0 saturated heterocycles. The number of nitrogens with one attached hydrogen (secondary N) is 1. The van der Waals surface area contributed by atoms with E-state index in [2.05, 4.69) is 0 Å². The summed E-state index contributed by atoms with van der Waals surface area (Å²) in [7, 11) is 0. The smallest absolute Gasteiger partial charge is 0.135 e. The predicted molar refractivity (Wildman–Crippen MR) is 127 cm³/mol. The van der Waals surface area contributed by atoms with E-state index in [1.54, 1.807) is 0 Å². The van der Waals surface area contributed by atoms with Crippen molar-refractivity contribution in [2.75, 3.05) is 6.54 Å². The second-order valence-corrected chi connectivity index (χ2v) is 9.88. The Morgan fingerprint density at radius 1 is 1.10 bits per heavy atom. The van der Waals surface area contributed by atoms with Gasteiger partial charge in [0.05, 0.1) is 17.8 Å². The van der Waals surface area contributed by atoms with Crippen LogP contribution < -0.4 is 4.74 Å². The summed E-state index contributed by atoms with van der Waals surface area (Å²) in [6.45, 7) is 8.94. The van der Waals surface area contributed by atoms with Gasteiger partial charge in [0, 0.05) is 17.0 Å². The number of amidine groups is 1. The molecular formula is C25H27N3O2S. The van der Waals surface area contributed by atoms with Gasteiger partial charge in [-0.25, -0.2) is 4.98 Å². The summed E-state index contributed by atoms with van der Waals surface area (Å²) in [6, 6.07) is 17.9. The van der Waals surface area contributed by atoms with Gasteiger partial charge in [0.15, 0.2) is 0 Å². The van der Waals surface area contributed by atoms with Crippen molar-refractivity contribution in [2.24, 2.45) is 0 Å². The number of aliphatic hydroxyl groups excluding tert-OH is 1. The molecule has 0 saturated carbocycles. The molecule has 0 fully saturated rings. The zero-order valence-corrected chi connectivity index (χ0v) is 19.1. The summed E-state index contributed by atoms with van der Waals surface area (Å²) in [5.74, 6) is 1.33. The fourth-order valence-electron chi connectivity index (χ4n) is 3.60. The average Bonchev–Trinajstić information content (AvgIpc) is 3.22. The van der Waals surface area contributed by atoms with Gasteiger partial charge < -0.3 is 14.7 Å². The topological polar surface area (TPSA) is 69.4 Å². The minimum atomic E-state index is -0.242. The molecule has 0 atom stereocenters. The van der Waals surface area contributed by atoms with Gasteiger partial charge in [-0.2, -0.15) is 0 Å². The number of nitrogens with zero attached hydrogens (tertiary/aromatic N) is 2. The maximum absolute atomic E-state index is 10.6. The highest BCUT2D eigenvalue weighted by molar-refractivity contribution is 7.13. The standard InChI is InChI=1S/C25H27N3O2S/c1-16-22(18-8-6-5-7-9-18)27-24(31-16)21-20(29)15-28(23(21)26)14-17-10-12-19(13-11-17)30-25(2,3)4/h5-13,26,29H,14-15H2,1-4H3.